The topological polar surface area (TPSA) is 55.1 Å². The third kappa shape index (κ3) is 3.71. The lowest BCUT2D eigenvalue weighted by atomic mass is 9.74. The molecule has 0 spiro atoms. The molecule has 2 aliphatic rings. The van der Waals surface area contributed by atoms with Crippen LogP contribution >= 0.6 is 0 Å². The number of amides is 1. The van der Waals surface area contributed by atoms with Gasteiger partial charge in [0.1, 0.15) is 0 Å². The minimum absolute atomic E-state index is 0.133. The molecule has 19 heavy (non-hydrogen) atoms. The Balaban J connectivity index is 1.90. The molecular weight excluding hydrogens is 236 g/mol. The minimum atomic E-state index is 0.133. The largest absolute Gasteiger partial charge is 0.353 e. The summed E-state index contributed by atoms with van der Waals surface area (Å²) in [4.78, 5) is 12.5. The molecule has 0 heterocycles. The van der Waals surface area contributed by atoms with Gasteiger partial charge in [-0.05, 0) is 43.4 Å². The van der Waals surface area contributed by atoms with E-state index in [1.54, 1.807) is 0 Å². The summed E-state index contributed by atoms with van der Waals surface area (Å²) in [5.41, 5.74) is 6.48. The fourth-order valence-corrected chi connectivity index (χ4v) is 3.90. The molecule has 4 unspecified atom stereocenters. The number of hydrogen-bond donors (Lipinski definition) is 2. The van der Waals surface area contributed by atoms with Crippen LogP contribution in [0, 0.1) is 17.3 Å². The van der Waals surface area contributed by atoms with Crippen LogP contribution in [0.25, 0.3) is 0 Å². The summed E-state index contributed by atoms with van der Waals surface area (Å²) >= 11 is 0. The van der Waals surface area contributed by atoms with Crippen molar-refractivity contribution in [3.8, 4) is 0 Å². The zero-order valence-corrected chi connectivity index (χ0v) is 12.7. The molecule has 3 nitrogen and oxygen atoms in total. The van der Waals surface area contributed by atoms with E-state index in [0.717, 1.165) is 32.1 Å². The lowest BCUT2D eigenvalue weighted by Gasteiger charge is -2.38. The summed E-state index contributed by atoms with van der Waals surface area (Å²) in [5.74, 6) is 0.712. The molecule has 0 aromatic heterocycles. The van der Waals surface area contributed by atoms with E-state index >= 15 is 0 Å². The molecule has 0 bridgehead atoms. The first-order chi connectivity index (χ1) is 8.89. The molecule has 1 amide bonds. The van der Waals surface area contributed by atoms with Gasteiger partial charge in [0, 0.05) is 18.0 Å². The highest BCUT2D eigenvalue weighted by Crippen LogP contribution is 2.36. The molecule has 0 aromatic carbocycles. The second kappa shape index (κ2) is 5.82. The van der Waals surface area contributed by atoms with Gasteiger partial charge in [-0.15, -0.1) is 0 Å². The number of nitrogens with one attached hydrogen (secondary N) is 1. The first-order valence-electron chi connectivity index (χ1n) is 7.95. The van der Waals surface area contributed by atoms with E-state index in [4.69, 9.17) is 5.73 Å². The van der Waals surface area contributed by atoms with Crippen molar-refractivity contribution in [2.45, 2.75) is 77.8 Å². The van der Waals surface area contributed by atoms with Crippen LogP contribution in [0.3, 0.4) is 0 Å². The predicted molar refractivity (Wildman–Crippen MR) is 78.7 cm³/mol. The molecule has 0 aliphatic heterocycles. The normalized spacial score (nSPS) is 38.7. The Morgan fingerprint density at radius 3 is 2.63 bits per heavy atom. The van der Waals surface area contributed by atoms with Gasteiger partial charge in [0.2, 0.25) is 5.91 Å². The monoisotopic (exact) mass is 266 g/mol. The van der Waals surface area contributed by atoms with E-state index in [9.17, 15) is 4.79 Å². The van der Waals surface area contributed by atoms with E-state index in [1.807, 2.05) is 0 Å². The Hall–Kier alpha value is -0.570. The molecule has 0 radical (unpaired) electrons. The van der Waals surface area contributed by atoms with Crippen molar-refractivity contribution in [2.75, 3.05) is 0 Å². The standard InChI is InChI=1S/C16H30N2O/c1-11-13(7-4-8-14(11)17)15(19)18-12-6-5-9-16(2,3)10-12/h11-14H,4-10,17H2,1-3H3,(H,18,19). The van der Waals surface area contributed by atoms with Crippen LogP contribution in [0.1, 0.15) is 65.7 Å². The number of hydrogen-bond acceptors (Lipinski definition) is 2. The average Bonchev–Trinajstić information content (AvgIpc) is 2.31. The van der Waals surface area contributed by atoms with Gasteiger partial charge in [0.05, 0.1) is 0 Å². The van der Waals surface area contributed by atoms with Gasteiger partial charge in [-0.25, -0.2) is 0 Å². The highest BCUT2D eigenvalue weighted by molar-refractivity contribution is 5.79. The van der Waals surface area contributed by atoms with Crippen molar-refractivity contribution in [3.05, 3.63) is 0 Å². The fourth-order valence-electron chi connectivity index (χ4n) is 3.90. The van der Waals surface area contributed by atoms with E-state index in [-0.39, 0.29) is 17.9 Å². The Morgan fingerprint density at radius 1 is 1.21 bits per heavy atom. The fraction of sp³-hybridized carbons (Fsp3) is 0.938. The van der Waals surface area contributed by atoms with Crippen molar-refractivity contribution in [2.24, 2.45) is 23.0 Å². The van der Waals surface area contributed by atoms with Gasteiger partial charge in [-0.2, -0.15) is 0 Å². The van der Waals surface area contributed by atoms with Gasteiger partial charge in [-0.1, -0.05) is 33.6 Å². The molecule has 2 saturated carbocycles. The Bertz CT molecular complexity index is 327. The Morgan fingerprint density at radius 2 is 1.95 bits per heavy atom. The average molecular weight is 266 g/mol. The molecule has 4 atom stereocenters. The second-order valence-electron chi connectivity index (χ2n) is 7.53. The number of rotatable bonds is 2. The van der Waals surface area contributed by atoms with Crippen LogP contribution in [0.4, 0.5) is 0 Å². The highest BCUT2D eigenvalue weighted by Gasteiger charge is 2.35. The molecule has 2 aliphatic carbocycles. The maximum atomic E-state index is 12.5. The molecular formula is C16H30N2O. The van der Waals surface area contributed by atoms with E-state index in [0.29, 0.717) is 17.4 Å². The Labute approximate surface area is 117 Å². The zero-order chi connectivity index (χ0) is 14.0. The van der Waals surface area contributed by atoms with Crippen LogP contribution in [-0.2, 0) is 4.79 Å². The third-order valence-corrected chi connectivity index (χ3v) is 5.25. The number of nitrogens with two attached hydrogens (primary N) is 1. The molecule has 2 fully saturated rings. The zero-order valence-electron chi connectivity index (χ0n) is 12.7. The third-order valence-electron chi connectivity index (χ3n) is 5.25. The van der Waals surface area contributed by atoms with Crippen LogP contribution in [0.5, 0.6) is 0 Å². The van der Waals surface area contributed by atoms with Gasteiger partial charge >= 0.3 is 0 Å². The SMILES string of the molecule is CC1C(N)CCCC1C(=O)NC1CCCC(C)(C)C1. The summed E-state index contributed by atoms with van der Waals surface area (Å²) < 4.78 is 0. The molecule has 3 N–H and O–H groups in total. The highest BCUT2D eigenvalue weighted by atomic mass is 16.2. The lowest BCUT2D eigenvalue weighted by Crippen LogP contribution is -2.48. The van der Waals surface area contributed by atoms with E-state index in [1.165, 1.54) is 12.8 Å². The summed E-state index contributed by atoms with van der Waals surface area (Å²) in [5, 5.41) is 3.30. The second-order valence-corrected chi connectivity index (χ2v) is 7.53. The molecule has 2 rings (SSSR count). The van der Waals surface area contributed by atoms with Gasteiger partial charge < -0.3 is 11.1 Å². The van der Waals surface area contributed by atoms with Gasteiger partial charge in [0.15, 0.2) is 0 Å². The summed E-state index contributed by atoms with van der Waals surface area (Å²) in [6.07, 6.45) is 7.95. The smallest absolute Gasteiger partial charge is 0.223 e. The number of carbonyl (C=O) groups excluding carboxylic acids is 1. The molecule has 0 saturated heterocycles. The van der Waals surface area contributed by atoms with Crippen LogP contribution in [0.2, 0.25) is 0 Å². The van der Waals surface area contributed by atoms with Crippen molar-refractivity contribution in [1.82, 2.24) is 5.32 Å². The molecule has 3 heteroatoms. The van der Waals surface area contributed by atoms with E-state index < -0.39 is 0 Å². The summed E-state index contributed by atoms with van der Waals surface area (Å²) in [6.45, 7) is 6.76. The van der Waals surface area contributed by atoms with Crippen molar-refractivity contribution in [3.63, 3.8) is 0 Å². The van der Waals surface area contributed by atoms with Gasteiger partial charge in [-0.3, -0.25) is 4.79 Å². The van der Waals surface area contributed by atoms with Crippen LogP contribution in [0.15, 0.2) is 0 Å². The summed E-state index contributed by atoms with van der Waals surface area (Å²) in [7, 11) is 0. The lowest BCUT2D eigenvalue weighted by molar-refractivity contribution is -0.129. The van der Waals surface area contributed by atoms with Crippen molar-refractivity contribution < 1.29 is 4.79 Å². The maximum absolute atomic E-state index is 12.5. The maximum Gasteiger partial charge on any atom is 0.223 e. The van der Waals surface area contributed by atoms with Crippen LogP contribution in [-0.4, -0.2) is 18.0 Å². The summed E-state index contributed by atoms with van der Waals surface area (Å²) in [6, 6.07) is 0.578. The number of carbonyl (C=O) groups is 1. The van der Waals surface area contributed by atoms with Crippen LogP contribution < -0.4 is 11.1 Å². The quantitative estimate of drug-likeness (QED) is 0.807. The van der Waals surface area contributed by atoms with Gasteiger partial charge in [0.25, 0.3) is 0 Å². The molecule has 0 aromatic rings. The van der Waals surface area contributed by atoms with E-state index in [2.05, 4.69) is 26.1 Å². The first kappa shape index (κ1) is 14.8. The molecule has 110 valence electrons. The first-order valence-corrected chi connectivity index (χ1v) is 7.95. The van der Waals surface area contributed by atoms with Crippen molar-refractivity contribution >= 4 is 5.91 Å². The van der Waals surface area contributed by atoms with Crippen molar-refractivity contribution in [1.29, 1.82) is 0 Å². The predicted octanol–water partition coefficient (Wildman–Crippen LogP) is 2.83. The minimum Gasteiger partial charge on any atom is -0.353 e. The Kier molecular flexibility index (Phi) is 4.54.